The SMILES string of the molecule is CC1(C)c2ccccc2-c2ccc(CC(Cc3ccc4c(c3)C3(c5ccccc5-c5ccccc53)c3ccccc3-4)c3ccc(-c4ccc(C#N)cc4)cc3)cc21. The number of nitriles is 1. The molecule has 0 saturated heterocycles. The van der Waals surface area contributed by atoms with Crippen LogP contribution in [0.2, 0.25) is 0 Å². The summed E-state index contributed by atoms with van der Waals surface area (Å²) in [7, 11) is 0. The molecule has 11 rings (SSSR count). The fraction of sp³-hybridized carbons (Fsp3) is 0.125. The molecule has 0 radical (unpaired) electrons. The summed E-state index contributed by atoms with van der Waals surface area (Å²) in [6, 6.07) is 70.0. The van der Waals surface area contributed by atoms with E-state index >= 15 is 0 Å². The van der Waals surface area contributed by atoms with E-state index in [1.807, 2.05) is 24.3 Å². The first kappa shape index (κ1) is 33.6. The van der Waals surface area contributed by atoms with Crippen LogP contribution in [0.5, 0.6) is 0 Å². The number of hydrogen-bond donors (Lipinski definition) is 0. The lowest BCUT2D eigenvalue weighted by molar-refractivity contribution is 0.651. The van der Waals surface area contributed by atoms with Gasteiger partial charge in [-0.15, -0.1) is 0 Å². The highest BCUT2D eigenvalue weighted by atomic mass is 14.5. The smallest absolute Gasteiger partial charge is 0.0991 e. The topological polar surface area (TPSA) is 23.8 Å². The second-order valence-electron chi connectivity index (χ2n) is 16.7. The summed E-state index contributed by atoms with van der Waals surface area (Å²) >= 11 is 0. The summed E-state index contributed by atoms with van der Waals surface area (Å²) in [6.45, 7) is 4.75. The van der Waals surface area contributed by atoms with Crippen molar-refractivity contribution >= 4 is 0 Å². The lowest BCUT2D eigenvalue weighted by atomic mass is 9.70. The third-order valence-corrected chi connectivity index (χ3v) is 13.4. The van der Waals surface area contributed by atoms with Gasteiger partial charge < -0.3 is 0 Å². The van der Waals surface area contributed by atoms with Crippen molar-refractivity contribution in [2.24, 2.45) is 0 Å². The summed E-state index contributed by atoms with van der Waals surface area (Å²) in [6.07, 6.45) is 1.85. The predicted octanol–water partition coefficient (Wildman–Crippen LogP) is 13.4. The molecule has 0 heterocycles. The highest BCUT2D eigenvalue weighted by Crippen LogP contribution is 2.62. The van der Waals surface area contributed by atoms with Crippen molar-refractivity contribution in [1.82, 2.24) is 0 Å². The zero-order valence-corrected chi connectivity index (χ0v) is 32.3. The van der Waals surface area contributed by atoms with Crippen LogP contribution >= 0.6 is 0 Å². The van der Waals surface area contributed by atoms with Gasteiger partial charge in [0.2, 0.25) is 0 Å². The van der Waals surface area contributed by atoms with Crippen molar-refractivity contribution in [3.8, 4) is 50.6 Å². The van der Waals surface area contributed by atoms with E-state index in [2.05, 4.69) is 178 Å². The summed E-state index contributed by atoms with van der Waals surface area (Å²) in [5.74, 6) is 0.255. The maximum absolute atomic E-state index is 9.36. The van der Waals surface area contributed by atoms with E-state index in [9.17, 15) is 5.26 Å². The van der Waals surface area contributed by atoms with Crippen LogP contribution in [0, 0.1) is 11.3 Å². The molecule has 1 heteroatoms. The van der Waals surface area contributed by atoms with Crippen molar-refractivity contribution in [2.75, 3.05) is 0 Å². The van der Waals surface area contributed by atoms with E-state index in [1.165, 1.54) is 83.5 Å². The van der Waals surface area contributed by atoms with Gasteiger partial charge in [-0.1, -0.05) is 184 Å². The highest BCUT2D eigenvalue weighted by molar-refractivity contribution is 5.95. The monoisotopic (exact) mass is 727 g/mol. The quantitative estimate of drug-likeness (QED) is 0.167. The van der Waals surface area contributed by atoms with Crippen molar-refractivity contribution in [1.29, 1.82) is 5.26 Å². The van der Waals surface area contributed by atoms with Crippen molar-refractivity contribution < 1.29 is 0 Å². The van der Waals surface area contributed by atoms with Crippen LogP contribution < -0.4 is 0 Å². The second kappa shape index (κ2) is 12.6. The molecule has 3 aliphatic rings. The Kier molecular flexibility index (Phi) is 7.44. The Labute approximate surface area is 335 Å². The van der Waals surface area contributed by atoms with Gasteiger partial charge in [-0.25, -0.2) is 0 Å². The molecule has 0 aromatic heterocycles. The summed E-state index contributed by atoms with van der Waals surface area (Å²) < 4.78 is 0. The molecule has 0 saturated carbocycles. The Morgan fingerprint density at radius 3 is 1.33 bits per heavy atom. The Bertz CT molecular complexity index is 2870. The minimum absolute atomic E-state index is 0.0443. The molecule has 270 valence electrons. The van der Waals surface area contributed by atoms with E-state index in [1.54, 1.807) is 0 Å². The Morgan fingerprint density at radius 2 is 0.825 bits per heavy atom. The first-order chi connectivity index (χ1) is 27.9. The molecular weight excluding hydrogens is 687 g/mol. The lowest BCUT2D eigenvalue weighted by Crippen LogP contribution is -2.26. The van der Waals surface area contributed by atoms with Crippen LogP contribution in [0.4, 0.5) is 0 Å². The summed E-state index contributed by atoms with van der Waals surface area (Å²) in [5.41, 5.74) is 23.1. The van der Waals surface area contributed by atoms with Crippen LogP contribution in [-0.2, 0) is 23.7 Å². The summed E-state index contributed by atoms with van der Waals surface area (Å²) in [5, 5.41) is 9.36. The van der Waals surface area contributed by atoms with Gasteiger partial charge in [0.05, 0.1) is 17.0 Å². The van der Waals surface area contributed by atoms with Crippen molar-refractivity contribution in [3.05, 3.63) is 238 Å². The number of rotatable bonds is 6. The van der Waals surface area contributed by atoms with Crippen LogP contribution in [-0.4, -0.2) is 0 Å². The third kappa shape index (κ3) is 4.94. The van der Waals surface area contributed by atoms with Crippen LogP contribution in [0.1, 0.15) is 75.4 Å². The molecule has 1 spiro atoms. The van der Waals surface area contributed by atoms with Gasteiger partial charge in [-0.05, 0) is 125 Å². The first-order valence-corrected chi connectivity index (χ1v) is 20.2. The molecule has 8 aromatic rings. The molecule has 0 bridgehead atoms. The molecule has 0 amide bonds. The molecule has 1 nitrogen and oxygen atoms in total. The number of fused-ring (bicyclic) bond motifs is 13. The summed E-state index contributed by atoms with van der Waals surface area (Å²) in [4.78, 5) is 0. The van der Waals surface area contributed by atoms with Gasteiger partial charge in [0, 0.05) is 5.41 Å². The van der Waals surface area contributed by atoms with Gasteiger partial charge in [-0.2, -0.15) is 5.26 Å². The first-order valence-electron chi connectivity index (χ1n) is 20.2. The van der Waals surface area contributed by atoms with Crippen LogP contribution in [0.15, 0.2) is 182 Å². The molecule has 8 aromatic carbocycles. The molecule has 57 heavy (non-hydrogen) atoms. The number of hydrogen-bond acceptors (Lipinski definition) is 1. The second-order valence-corrected chi connectivity index (χ2v) is 16.7. The minimum Gasteiger partial charge on any atom is -0.192 e. The van der Waals surface area contributed by atoms with Gasteiger partial charge in [0.15, 0.2) is 0 Å². The molecule has 0 aliphatic heterocycles. The van der Waals surface area contributed by atoms with Gasteiger partial charge in [-0.3, -0.25) is 0 Å². The Balaban J connectivity index is 1.02. The Morgan fingerprint density at radius 1 is 0.421 bits per heavy atom. The third-order valence-electron chi connectivity index (χ3n) is 13.4. The van der Waals surface area contributed by atoms with Crippen molar-refractivity contribution in [3.63, 3.8) is 0 Å². The van der Waals surface area contributed by atoms with E-state index in [4.69, 9.17) is 0 Å². The molecule has 0 fully saturated rings. The molecule has 1 unspecified atom stereocenters. The maximum atomic E-state index is 9.36. The van der Waals surface area contributed by atoms with Gasteiger partial charge in [0.1, 0.15) is 0 Å². The lowest BCUT2D eigenvalue weighted by Gasteiger charge is -2.31. The van der Waals surface area contributed by atoms with Gasteiger partial charge in [0.25, 0.3) is 0 Å². The molecule has 3 aliphatic carbocycles. The van der Waals surface area contributed by atoms with Crippen LogP contribution in [0.25, 0.3) is 44.5 Å². The average Bonchev–Trinajstić information content (AvgIpc) is 3.82. The standard InChI is InChI=1S/C56H41N/c1-55(2)49-15-7-3-11-43(49)47-29-21-37(33-53(47)55)31-42(41-27-25-40(26-28-41)39-23-19-36(35-57)20-24-39)32-38-22-30-48-46-14-6-10-18-52(46)56(54(48)34-38)50-16-8-4-12-44(50)45-13-5-9-17-51(45)56/h3-30,33-34,42H,31-32H2,1-2H3. The maximum Gasteiger partial charge on any atom is 0.0991 e. The molecule has 1 atom stereocenters. The highest BCUT2D eigenvalue weighted by Gasteiger charge is 2.51. The predicted molar refractivity (Wildman–Crippen MR) is 233 cm³/mol. The molecular formula is C56H41N. The van der Waals surface area contributed by atoms with Crippen molar-refractivity contribution in [2.45, 2.75) is 43.4 Å². The minimum atomic E-state index is -0.353. The fourth-order valence-corrected chi connectivity index (χ4v) is 10.7. The molecule has 0 N–H and O–H groups in total. The van der Waals surface area contributed by atoms with Crippen LogP contribution in [0.3, 0.4) is 0 Å². The zero-order chi connectivity index (χ0) is 38.3. The average molecular weight is 728 g/mol. The zero-order valence-electron chi connectivity index (χ0n) is 32.3. The Hall–Kier alpha value is -6.75. The normalized spacial score (nSPS) is 14.8. The van der Waals surface area contributed by atoms with Gasteiger partial charge >= 0.3 is 0 Å². The van der Waals surface area contributed by atoms with E-state index < -0.39 is 0 Å². The van der Waals surface area contributed by atoms with E-state index in [0.29, 0.717) is 5.56 Å². The van der Waals surface area contributed by atoms with E-state index in [0.717, 1.165) is 24.0 Å². The largest absolute Gasteiger partial charge is 0.192 e. The number of nitrogens with zero attached hydrogens (tertiary/aromatic N) is 1. The number of benzene rings is 8. The van der Waals surface area contributed by atoms with E-state index in [-0.39, 0.29) is 16.7 Å². The fourth-order valence-electron chi connectivity index (χ4n) is 10.7.